The van der Waals surface area contributed by atoms with Crippen LogP contribution in [0.25, 0.3) is 0 Å². The summed E-state index contributed by atoms with van der Waals surface area (Å²) in [5, 5.41) is 2.68. The summed E-state index contributed by atoms with van der Waals surface area (Å²) in [7, 11) is 0. The van der Waals surface area contributed by atoms with Crippen LogP contribution in [0.4, 0.5) is 5.69 Å². The van der Waals surface area contributed by atoms with Crippen LogP contribution in [-0.4, -0.2) is 28.4 Å². The Kier molecular flexibility index (Phi) is 4.45. The fourth-order valence-electron chi connectivity index (χ4n) is 1.49. The second-order valence-corrected chi connectivity index (χ2v) is 4.28. The van der Waals surface area contributed by atoms with Gasteiger partial charge in [0.05, 0.1) is 11.9 Å². The van der Waals surface area contributed by atoms with Gasteiger partial charge in [-0.3, -0.25) is 14.6 Å². The highest BCUT2D eigenvalue weighted by Crippen LogP contribution is 2.16. The molecule has 0 saturated heterocycles. The summed E-state index contributed by atoms with van der Waals surface area (Å²) in [5.74, 6) is -0.416. The molecule has 7 nitrogen and oxygen atoms in total. The van der Waals surface area contributed by atoms with E-state index < -0.39 is 5.91 Å². The number of aromatic nitrogens is 2. The number of hydrogen-bond acceptors (Lipinski definition) is 5. The van der Waals surface area contributed by atoms with Crippen molar-refractivity contribution in [1.29, 1.82) is 0 Å². The number of benzene rings is 1. The predicted octanol–water partition coefficient (Wildman–Crippen LogP) is 0.901. The molecule has 0 bridgehead atoms. The van der Waals surface area contributed by atoms with Gasteiger partial charge in [0, 0.05) is 11.9 Å². The molecule has 21 heavy (non-hydrogen) atoms. The van der Waals surface area contributed by atoms with Crippen molar-refractivity contribution in [3.05, 3.63) is 48.0 Å². The van der Waals surface area contributed by atoms with Crippen LogP contribution in [0.2, 0.25) is 0 Å². The molecule has 2 amide bonds. The average Bonchev–Trinajstić information content (AvgIpc) is 2.47. The van der Waals surface area contributed by atoms with Crippen LogP contribution < -0.4 is 15.8 Å². The van der Waals surface area contributed by atoms with Crippen LogP contribution in [0.5, 0.6) is 5.75 Å². The minimum atomic E-state index is -0.551. The number of carbonyl (C=O) groups excluding carboxylic acids is 2. The molecule has 3 N–H and O–H groups in total. The van der Waals surface area contributed by atoms with Gasteiger partial charge < -0.3 is 15.8 Å². The summed E-state index contributed by atoms with van der Waals surface area (Å²) in [6, 6.07) is 6.55. The molecule has 0 spiro atoms. The van der Waals surface area contributed by atoms with E-state index >= 15 is 0 Å². The maximum absolute atomic E-state index is 11.9. The fourth-order valence-corrected chi connectivity index (χ4v) is 1.49. The van der Waals surface area contributed by atoms with E-state index in [0.29, 0.717) is 11.4 Å². The summed E-state index contributed by atoms with van der Waals surface area (Å²) in [6.07, 6.45) is 2.94. The lowest BCUT2D eigenvalue weighted by molar-refractivity contribution is -0.119. The number of carbonyl (C=O) groups is 2. The van der Waals surface area contributed by atoms with E-state index in [2.05, 4.69) is 15.3 Å². The lowest BCUT2D eigenvalue weighted by Crippen LogP contribution is -2.20. The summed E-state index contributed by atoms with van der Waals surface area (Å²) in [6.45, 7) is 1.60. The molecule has 0 radical (unpaired) electrons. The van der Waals surface area contributed by atoms with Crippen molar-refractivity contribution in [2.24, 2.45) is 5.73 Å². The number of anilines is 1. The number of primary amides is 1. The van der Waals surface area contributed by atoms with Gasteiger partial charge in [0.15, 0.2) is 6.61 Å². The first-order valence-corrected chi connectivity index (χ1v) is 6.16. The van der Waals surface area contributed by atoms with Crippen LogP contribution in [0.3, 0.4) is 0 Å². The number of ether oxygens (including phenoxy) is 1. The number of aryl methyl sites for hydroxylation is 1. The average molecular weight is 286 g/mol. The molecule has 2 aromatic rings. The van der Waals surface area contributed by atoms with Gasteiger partial charge in [0.2, 0.25) is 0 Å². The molecule has 1 aromatic carbocycles. The number of amides is 2. The van der Waals surface area contributed by atoms with E-state index in [1.165, 1.54) is 12.4 Å². The van der Waals surface area contributed by atoms with Crippen LogP contribution in [0.15, 0.2) is 36.7 Å². The number of nitrogens with one attached hydrogen (secondary N) is 1. The Bertz CT molecular complexity index is 638. The van der Waals surface area contributed by atoms with Crippen molar-refractivity contribution in [2.75, 3.05) is 11.9 Å². The third-order valence-electron chi connectivity index (χ3n) is 2.51. The maximum Gasteiger partial charge on any atom is 0.275 e. The molecule has 0 aliphatic rings. The molecule has 0 fully saturated rings. The highest BCUT2D eigenvalue weighted by Gasteiger charge is 2.08. The molecule has 1 aromatic heterocycles. The molecule has 7 heteroatoms. The molecular formula is C14H14N4O3. The standard InChI is InChI=1S/C14H14N4O3/c1-9-6-17-12(7-16-9)14(20)18-10-2-4-11(5-3-10)21-8-13(15)19/h2-7H,8H2,1H3,(H2,15,19)(H,18,20). The lowest BCUT2D eigenvalue weighted by Gasteiger charge is -2.07. The van der Waals surface area contributed by atoms with Crippen LogP contribution in [-0.2, 0) is 4.79 Å². The van der Waals surface area contributed by atoms with Gasteiger partial charge in [-0.15, -0.1) is 0 Å². The molecular weight excluding hydrogens is 272 g/mol. The first-order valence-electron chi connectivity index (χ1n) is 6.16. The summed E-state index contributed by atoms with van der Waals surface area (Å²) < 4.78 is 5.12. The quantitative estimate of drug-likeness (QED) is 0.849. The molecule has 0 aliphatic carbocycles. The van der Waals surface area contributed by atoms with Gasteiger partial charge in [-0.2, -0.15) is 0 Å². The zero-order chi connectivity index (χ0) is 15.2. The first-order chi connectivity index (χ1) is 10.0. The lowest BCUT2D eigenvalue weighted by atomic mass is 10.3. The minimum absolute atomic E-state index is 0.190. The predicted molar refractivity (Wildman–Crippen MR) is 75.9 cm³/mol. The Morgan fingerprint density at radius 3 is 2.48 bits per heavy atom. The number of hydrogen-bond donors (Lipinski definition) is 2. The highest BCUT2D eigenvalue weighted by molar-refractivity contribution is 6.02. The number of nitrogens with zero attached hydrogens (tertiary/aromatic N) is 2. The van der Waals surface area contributed by atoms with Crippen LogP contribution in [0, 0.1) is 6.92 Å². The van der Waals surface area contributed by atoms with Crippen molar-refractivity contribution in [3.63, 3.8) is 0 Å². The molecule has 0 atom stereocenters. The Hall–Kier alpha value is -2.96. The second-order valence-electron chi connectivity index (χ2n) is 4.28. The van der Waals surface area contributed by atoms with Crippen molar-refractivity contribution >= 4 is 17.5 Å². The van der Waals surface area contributed by atoms with Gasteiger partial charge in [-0.1, -0.05) is 0 Å². The maximum atomic E-state index is 11.9. The topological polar surface area (TPSA) is 107 Å². The third-order valence-corrected chi connectivity index (χ3v) is 2.51. The zero-order valence-electron chi connectivity index (χ0n) is 11.4. The monoisotopic (exact) mass is 286 g/mol. The van der Waals surface area contributed by atoms with Crippen LogP contribution in [0.1, 0.15) is 16.2 Å². The number of nitrogens with two attached hydrogens (primary N) is 1. The Morgan fingerprint density at radius 1 is 1.19 bits per heavy atom. The van der Waals surface area contributed by atoms with E-state index in [9.17, 15) is 9.59 Å². The molecule has 0 unspecified atom stereocenters. The first kappa shape index (κ1) is 14.4. The van der Waals surface area contributed by atoms with Crippen molar-refractivity contribution in [3.8, 4) is 5.75 Å². The van der Waals surface area contributed by atoms with Gasteiger partial charge >= 0.3 is 0 Å². The van der Waals surface area contributed by atoms with E-state index in [1.807, 2.05) is 0 Å². The van der Waals surface area contributed by atoms with E-state index in [1.54, 1.807) is 31.2 Å². The summed E-state index contributed by atoms with van der Waals surface area (Å²) in [4.78, 5) is 30.5. The van der Waals surface area contributed by atoms with Gasteiger partial charge in [0.1, 0.15) is 11.4 Å². The Labute approximate surface area is 121 Å². The minimum Gasteiger partial charge on any atom is -0.484 e. The van der Waals surface area contributed by atoms with Gasteiger partial charge in [-0.25, -0.2) is 4.98 Å². The van der Waals surface area contributed by atoms with Crippen molar-refractivity contribution < 1.29 is 14.3 Å². The van der Waals surface area contributed by atoms with E-state index in [0.717, 1.165) is 5.69 Å². The summed E-state index contributed by atoms with van der Waals surface area (Å²) in [5.41, 5.74) is 6.52. The smallest absolute Gasteiger partial charge is 0.275 e. The molecule has 0 saturated carbocycles. The molecule has 108 valence electrons. The number of rotatable bonds is 5. The SMILES string of the molecule is Cc1cnc(C(=O)Nc2ccc(OCC(N)=O)cc2)cn1. The van der Waals surface area contributed by atoms with Gasteiger partial charge in [-0.05, 0) is 31.2 Å². The third kappa shape index (κ3) is 4.27. The van der Waals surface area contributed by atoms with Crippen LogP contribution >= 0.6 is 0 Å². The van der Waals surface area contributed by atoms with Crippen molar-refractivity contribution in [2.45, 2.75) is 6.92 Å². The second kappa shape index (κ2) is 6.47. The van der Waals surface area contributed by atoms with E-state index in [-0.39, 0.29) is 18.2 Å². The van der Waals surface area contributed by atoms with Gasteiger partial charge in [0.25, 0.3) is 11.8 Å². The highest BCUT2D eigenvalue weighted by atomic mass is 16.5. The Morgan fingerprint density at radius 2 is 1.90 bits per heavy atom. The largest absolute Gasteiger partial charge is 0.484 e. The fraction of sp³-hybridized carbons (Fsp3) is 0.143. The van der Waals surface area contributed by atoms with Crippen molar-refractivity contribution in [1.82, 2.24) is 9.97 Å². The Balaban J connectivity index is 1.98. The zero-order valence-corrected chi connectivity index (χ0v) is 11.4. The summed E-state index contributed by atoms with van der Waals surface area (Å²) >= 11 is 0. The normalized spacial score (nSPS) is 9.95. The molecule has 2 rings (SSSR count). The molecule has 1 heterocycles. The molecule has 0 aliphatic heterocycles. The van der Waals surface area contributed by atoms with E-state index in [4.69, 9.17) is 10.5 Å².